The Bertz CT molecular complexity index is 655. The van der Waals surface area contributed by atoms with Crippen LogP contribution in [0.15, 0.2) is 41.6 Å². The molecule has 0 saturated heterocycles. The van der Waals surface area contributed by atoms with Gasteiger partial charge in [0.05, 0.1) is 0 Å². The molecule has 0 bridgehead atoms. The first-order valence-electron chi connectivity index (χ1n) is 6.79. The number of amidine groups is 1. The van der Waals surface area contributed by atoms with Gasteiger partial charge in [-0.25, -0.2) is 0 Å². The molecule has 0 spiro atoms. The van der Waals surface area contributed by atoms with Crippen LogP contribution in [0.5, 0.6) is 5.75 Å². The molecular weight excluding hydrogens is 264 g/mol. The summed E-state index contributed by atoms with van der Waals surface area (Å²) in [5.74, 6) is 0.944. The van der Waals surface area contributed by atoms with Gasteiger partial charge in [-0.1, -0.05) is 29.4 Å². The fraction of sp³-hybridized carbons (Fsp3) is 0.235. The average molecular weight is 284 g/mol. The van der Waals surface area contributed by atoms with Gasteiger partial charge in [-0.05, 0) is 55.2 Å². The summed E-state index contributed by atoms with van der Waals surface area (Å²) in [5.41, 5.74) is 10.6. The van der Waals surface area contributed by atoms with E-state index in [1.165, 1.54) is 5.56 Å². The van der Waals surface area contributed by atoms with Gasteiger partial charge >= 0.3 is 0 Å². The van der Waals surface area contributed by atoms with E-state index in [0.29, 0.717) is 12.2 Å². The van der Waals surface area contributed by atoms with Gasteiger partial charge in [0.1, 0.15) is 12.4 Å². The highest BCUT2D eigenvalue weighted by Crippen LogP contribution is 2.26. The Morgan fingerprint density at radius 2 is 1.71 bits per heavy atom. The zero-order valence-electron chi connectivity index (χ0n) is 12.6. The fourth-order valence-electron chi connectivity index (χ4n) is 2.31. The third-order valence-electron chi connectivity index (χ3n) is 3.50. The van der Waals surface area contributed by atoms with E-state index >= 15 is 0 Å². The third kappa shape index (κ3) is 3.34. The van der Waals surface area contributed by atoms with E-state index < -0.39 is 0 Å². The minimum Gasteiger partial charge on any atom is -0.488 e. The molecule has 0 radical (unpaired) electrons. The van der Waals surface area contributed by atoms with Crippen molar-refractivity contribution in [3.63, 3.8) is 0 Å². The van der Waals surface area contributed by atoms with E-state index in [1.807, 2.05) is 38.1 Å². The second kappa shape index (κ2) is 6.31. The van der Waals surface area contributed by atoms with Crippen molar-refractivity contribution in [1.82, 2.24) is 0 Å². The molecule has 0 heterocycles. The normalized spacial score (nSPS) is 11.5. The average Bonchev–Trinajstić information content (AvgIpc) is 2.47. The maximum absolute atomic E-state index is 8.75. The predicted octanol–water partition coefficient (Wildman–Crippen LogP) is 3.29. The van der Waals surface area contributed by atoms with Crippen LogP contribution in [0.25, 0.3) is 0 Å². The molecule has 0 fully saturated rings. The first kappa shape index (κ1) is 14.9. The predicted molar refractivity (Wildman–Crippen MR) is 83.9 cm³/mol. The fourth-order valence-corrected chi connectivity index (χ4v) is 2.31. The van der Waals surface area contributed by atoms with Crippen LogP contribution < -0.4 is 10.5 Å². The second-order valence-electron chi connectivity index (χ2n) is 5.14. The molecule has 0 atom stereocenters. The first-order chi connectivity index (χ1) is 10.0. The van der Waals surface area contributed by atoms with Crippen LogP contribution in [0.3, 0.4) is 0 Å². The quantitative estimate of drug-likeness (QED) is 0.392. The van der Waals surface area contributed by atoms with Crippen LogP contribution in [0.2, 0.25) is 0 Å². The molecular formula is C17H20N2O2. The Labute approximate surface area is 124 Å². The Hall–Kier alpha value is -2.49. The largest absolute Gasteiger partial charge is 0.488 e. The third-order valence-corrected chi connectivity index (χ3v) is 3.50. The summed E-state index contributed by atoms with van der Waals surface area (Å²) in [4.78, 5) is 0. The Morgan fingerprint density at radius 1 is 1.10 bits per heavy atom. The molecule has 0 aromatic heterocycles. The van der Waals surface area contributed by atoms with Crippen molar-refractivity contribution in [1.29, 1.82) is 0 Å². The zero-order chi connectivity index (χ0) is 15.4. The maximum Gasteiger partial charge on any atom is 0.170 e. The maximum atomic E-state index is 8.75. The van der Waals surface area contributed by atoms with Crippen molar-refractivity contribution >= 4 is 5.84 Å². The summed E-state index contributed by atoms with van der Waals surface area (Å²) < 4.78 is 5.96. The van der Waals surface area contributed by atoms with Crippen molar-refractivity contribution in [2.45, 2.75) is 27.4 Å². The highest BCUT2D eigenvalue weighted by Gasteiger charge is 2.09. The molecule has 4 nitrogen and oxygen atoms in total. The van der Waals surface area contributed by atoms with E-state index in [4.69, 9.17) is 15.7 Å². The summed E-state index contributed by atoms with van der Waals surface area (Å²) in [5, 5.41) is 11.8. The first-order valence-corrected chi connectivity index (χ1v) is 6.79. The van der Waals surface area contributed by atoms with E-state index in [2.05, 4.69) is 24.2 Å². The minimum absolute atomic E-state index is 0.103. The summed E-state index contributed by atoms with van der Waals surface area (Å²) in [6, 6.07) is 11.9. The van der Waals surface area contributed by atoms with Crippen LogP contribution in [0, 0.1) is 20.8 Å². The standard InChI is InChI=1S/C17H20N2O2/c1-11-6-4-5-7-14(11)10-21-16-12(2)8-15(9-13(16)3)17(18)19-20/h4-9,20H,10H2,1-3H3,(H2,18,19). The van der Waals surface area contributed by atoms with Crippen LogP contribution >= 0.6 is 0 Å². The van der Waals surface area contributed by atoms with Crippen molar-refractivity contribution in [3.8, 4) is 5.75 Å². The summed E-state index contributed by atoms with van der Waals surface area (Å²) in [6.07, 6.45) is 0. The zero-order valence-corrected chi connectivity index (χ0v) is 12.6. The van der Waals surface area contributed by atoms with Gasteiger partial charge in [-0.3, -0.25) is 0 Å². The molecule has 0 aliphatic rings. The van der Waals surface area contributed by atoms with E-state index in [0.717, 1.165) is 22.4 Å². The molecule has 0 unspecified atom stereocenters. The van der Waals surface area contributed by atoms with E-state index in [-0.39, 0.29) is 5.84 Å². The van der Waals surface area contributed by atoms with Gasteiger partial charge in [0.2, 0.25) is 0 Å². The van der Waals surface area contributed by atoms with Crippen LogP contribution in [0.1, 0.15) is 27.8 Å². The molecule has 0 aliphatic heterocycles. The summed E-state index contributed by atoms with van der Waals surface area (Å²) in [7, 11) is 0. The number of nitrogens with two attached hydrogens (primary N) is 1. The number of hydrogen-bond donors (Lipinski definition) is 2. The molecule has 4 heteroatoms. The van der Waals surface area contributed by atoms with E-state index in [9.17, 15) is 0 Å². The lowest BCUT2D eigenvalue weighted by atomic mass is 10.0. The molecule has 3 N–H and O–H groups in total. The smallest absolute Gasteiger partial charge is 0.170 e. The Kier molecular flexibility index (Phi) is 4.48. The molecule has 21 heavy (non-hydrogen) atoms. The SMILES string of the molecule is Cc1ccccc1COc1c(C)cc(C(N)=NO)cc1C. The minimum atomic E-state index is 0.103. The molecule has 2 rings (SSSR count). The number of ether oxygens (including phenoxy) is 1. The lowest BCUT2D eigenvalue weighted by molar-refractivity contribution is 0.301. The topological polar surface area (TPSA) is 67.8 Å². The number of aryl methyl sites for hydroxylation is 3. The molecule has 0 aliphatic carbocycles. The van der Waals surface area contributed by atoms with Gasteiger partial charge < -0.3 is 15.7 Å². The Balaban J connectivity index is 2.23. The van der Waals surface area contributed by atoms with Gasteiger partial charge in [0, 0.05) is 5.56 Å². The van der Waals surface area contributed by atoms with Crippen LogP contribution in [0.4, 0.5) is 0 Å². The van der Waals surface area contributed by atoms with Crippen LogP contribution in [-0.2, 0) is 6.61 Å². The van der Waals surface area contributed by atoms with Crippen LogP contribution in [-0.4, -0.2) is 11.0 Å². The Morgan fingerprint density at radius 3 is 2.29 bits per heavy atom. The number of benzene rings is 2. The highest BCUT2D eigenvalue weighted by molar-refractivity contribution is 5.97. The molecule has 0 amide bonds. The lowest BCUT2D eigenvalue weighted by Crippen LogP contribution is -2.14. The number of nitrogens with zero attached hydrogens (tertiary/aromatic N) is 1. The highest BCUT2D eigenvalue weighted by atomic mass is 16.5. The second-order valence-corrected chi connectivity index (χ2v) is 5.14. The summed E-state index contributed by atoms with van der Waals surface area (Å²) in [6.45, 7) is 6.50. The molecule has 2 aromatic rings. The molecule has 0 saturated carbocycles. The van der Waals surface area contributed by atoms with Gasteiger partial charge in [0.15, 0.2) is 5.84 Å². The van der Waals surface area contributed by atoms with Crippen molar-refractivity contribution in [2.24, 2.45) is 10.9 Å². The van der Waals surface area contributed by atoms with Gasteiger partial charge in [-0.15, -0.1) is 0 Å². The summed E-state index contributed by atoms with van der Waals surface area (Å²) >= 11 is 0. The number of hydrogen-bond acceptors (Lipinski definition) is 3. The van der Waals surface area contributed by atoms with Crippen molar-refractivity contribution < 1.29 is 9.94 Å². The van der Waals surface area contributed by atoms with Gasteiger partial charge in [0.25, 0.3) is 0 Å². The van der Waals surface area contributed by atoms with Gasteiger partial charge in [-0.2, -0.15) is 0 Å². The monoisotopic (exact) mass is 284 g/mol. The van der Waals surface area contributed by atoms with Crippen molar-refractivity contribution in [3.05, 3.63) is 64.2 Å². The lowest BCUT2D eigenvalue weighted by Gasteiger charge is -2.14. The van der Waals surface area contributed by atoms with E-state index in [1.54, 1.807) is 0 Å². The number of oxime groups is 1. The number of rotatable bonds is 4. The molecule has 110 valence electrons. The molecule has 2 aromatic carbocycles. The van der Waals surface area contributed by atoms with Crippen molar-refractivity contribution in [2.75, 3.05) is 0 Å².